The summed E-state index contributed by atoms with van der Waals surface area (Å²) in [6, 6.07) is 0.806. The highest BCUT2D eigenvalue weighted by Crippen LogP contribution is 2.17. The van der Waals surface area contributed by atoms with Crippen LogP contribution in [0.25, 0.3) is 0 Å². The van der Waals surface area contributed by atoms with E-state index in [0.717, 1.165) is 12.0 Å². The molecule has 12 heavy (non-hydrogen) atoms. The van der Waals surface area contributed by atoms with Gasteiger partial charge in [0.15, 0.2) is 0 Å². The summed E-state index contributed by atoms with van der Waals surface area (Å²) in [5.74, 6) is 0.886. The van der Waals surface area contributed by atoms with Crippen molar-refractivity contribution in [1.29, 1.82) is 0 Å². The second-order valence-electron chi connectivity index (χ2n) is 4.26. The first-order chi connectivity index (χ1) is 5.72. The monoisotopic (exact) mass is 170 g/mol. The van der Waals surface area contributed by atoms with Gasteiger partial charge in [0, 0.05) is 12.6 Å². The lowest BCUT2D eigenvalue weighted by molar-refractivity contribution is 0.335. The van der Waals surface area contributed by atoms with Crippen molar-refractivity contribution in [3.05, 3.63) is 0 Å². The molecular weight excluding hydrogens is 148 g/mol. The van der Waals surface area contributed by atoms with Crippen LogP contribution in [-0.4, -0.2) is 38.1 Å². The highest BCUT2D eigenvalue weighted by atomic mass is 15.1. The van der Waals surface area contributed by atoms with Crippen LogP contribution in [0.3, 0.4) is 0 Å². The Morgan fingerprint density at radius 3 is 2.75 bits per heavy atom. The van der Waals surface area contributed by atoms with Crippen LogP contribution in [0, 0.1) is 5.92 Å². The number of nitrogens with zero attached hydrogens (tertiary/aromatic N) is 1. The largest absolute Gasteiger partial charge is 0.314 e. The van der Waals surface area contributed by atoms with Gasteiger partial charge in [-0.05, 0) is 39.4 Å². The molecule has 72 valence electrons. The Bertz CT molecular complexity index is 123. The van der Waals surface area contributed by atoms with Gasteiger partial charge in [0.05, 0.1) is 0 Å². The highest BCUT2D eigenvalue weighted by Gasteiger charge is 2.23. The van der Waals surface area contributed by atoms with Crippen LogP contribution in [0.4, 0.5) is 0 Å². The first kappa shape index (κ1) is 10.0. The maximum Gasteiger partial charge on any atom is 0.00706 e. The normalized spacial score (nSPS) is 30.0. The molecule has 0 bridgehead atoms. The topological polar surface area (TPSA) is 15.3 Å². The molecule has 0 saturated carbocycles. The van der Waals surface area contributed by atoms with Crippen molar-refractivity contribution >= 4 is 0 Å². The third-order valence-electron chi connectivity index (χ3n) is 2.57. The van der Waals surface area contributed by atoms with Crippen LogP contribution in [0.1, 0.15) is 26.2 Å². The Hall–Kier alpha value is -0.0800. The molecule has 2 atom stereocenters. The van der Waals surface area contributed by atoms with Crippen LogP contribution in [0.5, 0.6) is 0 Å². The first-order valence-corrected chi connectivity index (χ1v) is 5.10. The van der Waals surface area contributed by atoms with E-state index in [1.165, 1.54) is 32.4 Å². The second-order valence-corrected chi connectivity index (χ2v) is 4.26. The van der Waals surface area contributed by atoms with E-state index in [2.05, 4.69) is 31.2 Å². The first-order valence-electron chi connectivity index (χ1n) is 5.10. The summed E-state index contributed by atoms with van der Waals surface area (Å²) < 4.78 is 0. The number of hydrogen-bond acceptors (Lipinski definition) is 2. The minimum absolute atomic E-state index is 0.806. The molecule has 2 heteroatoms. The number of rotatable bonds is 4. The molecule has 0 amide bonds. The molecule has 0 spiro atoms. The predicted molar refractivity (Wildman–Crippen MR) is 53.4 cm³/mol. The van der Waals surface area contributed by atoms with Crippen LogP contribution < -0.4 is 5.32 Å². The van der Waals surface area contributed by atoms with Crippen molar-refractivity contribution in [2.75, 3.05) is 27.2 Å². The zero-order valence-electron chi connectivity index (χ0n) is 8.64. The van der Waals surface area contributed by atoms with Gasteiger partial charge in [0.2, 0.25) is 0 Å². The molecule has 2 unspecified atom stereocenters. The molecule has 1 aliphatic rings. The zero-order chi connectivity index (χ0) is 8.97. The molecular formula is C10H22N2. The van der Waals surface area contributed by atoms with E-state index in [1.54, 1.807) is 0 Å². The maximum absolute atomic E-state index is 3.59. The van der Waals surface area contributed by atoms with Crippen LogP contribution >= 0.6 is 0 Å². The van der Waals surface area contributed by atoms with E-state index < -0.39 is 0 Å². The fraction of sp³-hybridized carbons (Fsp3) is 1.00. The smallest absolute Gasteiger partial charge is 0.00706 e. The van der Waals surface area contributed by atoms with E-state index in [4.69, 9.17) is 0 Å². The van der Waals surface area contributed by atoms with Crippen LogP contribution in [-0.2, 0) is 0 Å². The third kappa shape index (κ3) is 3.11. The molecule has 0 aliphatic carbocycles. The van der Waals surface area contributed by atoms with Gasteiger partial charge in [-0.25, -0.2) is 0 Å². The quantitative estimate of drug-likeness (QED) is 0.684. The zero-order valence-corrected chi connectivity index (χ0v) is 8.64. The Kier molecular flexibility index (Phi) is 4.02. The Balaban J connectivity index is 2.16. The average Bonchev–Trinajstić information content (AvgIpc) is 2.36. The van der Waals surface area contributed by atoms with Gasteiger partial charge in [-0.3, -0.25) is 0 Å². The molecule has 0 aromatic heterocycles. The molecule has 1 heterocycles. The Labute approximate surface area is 76.3 Å². The summed E-state index contributed by atoms with van der Waals surface area (Å²) >= 11 is 0. The SMILES string of the molecule is CCCC1CC(CN(C)C)CN1. The Morgan fingerprint density at radius 1 is 1.42 bits per heavy atom. The molecule has 0 aromatic carbocycles. The molecule has 1 saturated heterocycles. The van der Waals surface area contributed by atoms with E-state index in [1.807, 2.05) is 0 Å². The standard InChI is InChI=1S/C10H22N2/c1-4-5-10-6-9(7-11-10)8-12(2)3/h9-11H,4-8H2,1-3H3. The fourth-order valence-electron chi connectivity index (χ4n) is 2.13. The van der Waals surface area contributed by atoms with Gasteiger partial charge in [0.25, 0.3) is 0 Å². The Morgan fingerprint density at radius 2 is 2.17 bits per heavy atom. The van der Waals surface area contributed by atoms with E-state index in [9.17, 15) is 0 Å². The van der Waals surface area contributed by atoms with Gasteiger partial charge in [-0.15, -0.1) is 0 Å². The lowest BCUT2D eigenvalue weighted by Gasteiger charge is -2.14. The molecule has 1 N–H and O–H groups in total. The second kappa shape index (κ2) is 4.83. The van der Waals surface area contributed by atoms with Gasteiger partial charge in [0.1, 0.15) is 0 Å². The molecule has 1 rings (SSSR count). The molecule has 0 radical (unpaired) electrons. The minimum Gasteiger partial charge on any atom is -0.314 e. The van der Waals surface area contributed by atoms with E-state index in [0.29, 0.717) is 0 Å². The summed E-state index contributed by atoms with van der Waals surface area (Å²) in [7, 11) is 4.32. The molecule has 1 fully saturated rings. The summed E-state index contributed by atoms with van der Waals surface area (Å²) in [4.78, 5) is 2.29. The average molecular weight is 170 g/mol. The molecule has 1 aliphatic heterocycles. The van der Waals surface area contributed by atoms with Gasteiger partial charge in [-0.1, -0.05) is 13.3 Å². The van der Waals surface area contributed by atoms with Crippen molar-refractivity contribution < 1.29 is 0 Å². The van der Waals surface area contributed by atoms with Crippen molar-refractivity contribution in [1.82, 2.24) is 10.2 Å². The summed E-state index contributed by atoms with van der Waals surface area (Å²) in [6.45, 7) is 4.73. The van der Waals surface area contributed by atoms with Crippen LogP contribution in [0.2, 0.25) is 0 Å². The predicted octanol–water partition coefficient (Wildman–Crippen LogP) is 1.33. The third-order valence-corrected chi connectivity index (χ3v) is 2.57. The van der Waals surface area contributed by atoms with Gasteiger partial charge >= 0.3 is 0 Å². The minimum atomic E-state index is 0.806. The lowest BCUT2D eigenvalue weighted by Crippen LogP contribution is -2.23. The number of hydrogen-bond donors (Lipinski definition) is 1. The van der Waals surface area contributed by atoms with Crippen LogP contribution in [0.15, 0.2) is 0 Å². The van der Waals surface area contributed by atoms with Crippen molar-refractivity contribution in [3.63, 3.8) is 0 Å². The summed E-state index contributed by atoms with van der Waals surface area (Å²) in [6.07, 6.45) is 4.04. The maximum atomic E-state index is 3.59. The van der Waals surface area contributed by atoms with Crippen molar-refractivity contribution in [2.45, 2.75) is 32.2 Å². The highest BCUT2D eigenvalue weighted by molar-refractivity contribution is 4.82. The van der Waals surface area contributed by atoms with Gasteiger partial charge < -0.3 is 10.2 Å². The fourth-order valence-corrected chi connectivity index (χ4v) is 2.13. The lowest BCUT2D eigenvalue weighted by atomic mass is 10.0. The summed E-state index contributed by atoms with van der Waals surface area (Å²) in [5, 5.41) is 3.59. The van der Waals surface area contributed by atoms with E-state index in [-0.39, 0.29) is 0 Å². The van der Waals surface area contributed by atoms with Crippen molar-refractivity contribution in [2.24, 2.45) is 5.92 Å². The number of nitrogens with one attached hydrogen (secondary N) is 1. The molecule has 0 aromatic rings. The van der Waals surface area contributed by atoms with E-state index >= 15 is 0 Å². The van der Waals surface area contributed by atoms with Gasteiger partial charge in [-0.2, -0.15) is 0 Å². The van der Waals surface area contributed by atoms with Crippen molar-refractivity contribution in [3.8, 4) is 0 Å². The summed E-state index contributed by atoms with van der Waals surface area (Å²) in [5.41, 5.74) is 0. The molecule has 2 nitrogen and oxygen atoms in total.